The number of anilines is 1. The summed E-state index contributed by atoms with van der Waals surface area (Å²) in [7, 11) is 0. The number of carbonyl (C=O) groups is 3. The lowest BCUT2D eigenvalue weighted by Gasteiger charge is -2.33. The molecule has 2 N–H and O–H groups in total. The summed E-state index contributed by atoms with van der Waals surface area (Å²) in [5.74, 6) is -0.930. The van der Waals surface area contributed by atoms with Crippen LogP contribution in [0.15, 0.2) is 72.4 Å². The average Bonchev–Trinajstić information content (AvgIpc) is 3.42. The van der Waals surface area contributed by atoms with Crippen LogP contribution in [0.5, 0.6) is 0 Å². The Kier molecular flexibility index (Phi) is 8.04. The molecule has 1 aromatic carbocycles. The molecule has 0 radical (unpaired) electrons. The zero-order valence-electron chi connectivity index (χ0n) is 18.9. The van der Waals surface area contributed by atoms with Crippen molar-refractivity contribution in [3.05, 3.63) is 82.8 Å². The standard InChI is InChI=1S/C26H28N4O3S/c31-23(18-28-25(32)22-12-7-17-34-22)30(21-10-5-2-6-11-21)24(19-13-15-27-16-14-19)26(33)29-20-8-3-1-4-9-20/h2,5-7,10-17,20,24H,1,3-4,8-9,18H2,(H,28,32)(H,29,33)/t24-/m0/s1. The maximum Gasteiger partial charge on any atom is 0.261 e. The topological polar surface area (TPSA) is 91.4 Å². The van der Waals surface area contributed by atoms with Crippen LogP contribution in [0.1, 0.15) is 53.4 Å². The molecule has 8 heteroatoms. The molecule has 34 heavy (non-hydrogen) atoms. The molecular weight excluding hydrogens is 448 g/mol. The van der Waals surface area contributed by atoms with Crippen molar-refractivity contribution in [2.45, 2.75) is 44.2 Å². The van der Waals surface area contributed by atoms with Gasteiger partial charge in [0.15, 0.2) is 0 Å². The lowest BCUT2D eigenvalue weighted by atomic mass is 9.94. The number of hydrogen-bond donors (Lipinski definition) is 2. The van der Waals surface area contributed by atoms with E-state index in [1.54, 1.807) is 48.8 Å². The van der Waals surface area contributed by atoms with Gasteiger partial charge in [-0.3, -0.25) is 24.3 Å². The van der Waals surface area contributed by atoms with E-state index >= 15 is 0 Å². The Balaban J connectivity index is 1.63. The normalized spacial score (nSPS) is 14.7. The van der Waals surface area contributed by atoms with Crippen molar-refractivity contribution in [2.75, 3.05) is 11.4 Å². The molecule has 1 saturated carbocycles. The third kappa shape index (κ3) is 5.88. The van der Waals surface area contributed by atoms with Crippen LogP contribution in [-0.4, -0.2) is 35.3 Å². The van der Waals surface area contributed by atoms with Crippen LogP contribution in [0.3, 0.4) is 0 Å². The zero-order valence-corrected chi connectivity index (χ0v) is 19.7. The van der Waals surface area contributed by atoms with Gasteiger partial charge in [-0.2, -0.15) is 0 Å². The van der Waals surface area contributed by atoms with Gasteiger partial charge in [-0.15, -0.1) is 11.3 Å². The monoisotopic (exact) mass is 476 g/mol. The minimum atomic E-state index is -0.890. The van der Waals surface area contributed by atoms with Gasteiger partial charge in [0.2, 0.25) is 11.8 Å². The van der Waals surface area contributed by atoms with Crippen LogP contribution >= 0.6 is 11.3 Å². The number of nitrogens with one attached hydrogen (secondary N) is 2. The van der Waals surface area contributed by atoms with Crippen molar-refractivity contribution in [2.24, 2.45) is 0 Å². The van der Waals surface area contributed by atoms with Crippen molar-refractivity contribution in [3.63, 3.8) is 0 Å². The fourth-order valence-electron chi connectivity index (χ4n) is 4.25. The third-order valence-corrected chi connectivity index (χ3v) is 6.80. The summed E-state index contributed by atoms with van der Waals surface area (Å²) in [4.78, 5) is 45.7. The number of amides is 3. The smallest absolute Gasteiger partial charge is 0.261 e. The van der Waals surface area contributed by atoms with E-state index in [1.165, 1.54) is 22.7 Å². The molecule has 1 aliphatic carbocycles. The van der Waals surface area contributed by atoms with Gasteiger partial charge >= 0.3 is 0 Å². The van der Waals surface area contributed by atoms with Crippen molar-refractivity contribution < 1.29 is 14.4 Å². The number of pyridine rings is 1. The quantitative estimate of drug-likeness (QED) is 0.512. The first kappa shape index (κ1) is 23.6. The zero-order chi connectivity index (χ0) is 23.8. The van der Waals surface area contributed by atoms with E-state index in [1.807, 2.05) is 23.6 Å². The van der Waals surface area contributed by atoms with Gasteiger partial charge in [0, 0.05) is 24.1 Å². The number of hydrogen-bond acceptors (Lipinski definition) is 5. The van der Waals surface area contributed by atoms with Crippen LogP contribution in [0, 0.1) is 0 Å². The van der Waals surface area contributed by atoms with Gasteiger partial charge in [-0.1, -0.05) is 43.5 Å². The summed E-state index contributed by atoms with van der Waals surface area (Å²) < 4.78 is 0. The largest absolute Gasteiger partial charge is 0.351 e. The lowest BCUT2D eigenvalue weighted by molar-refractivity contribution is -0.127. The molecule has 0 bridgehead atoms. The van der Waals surface area contributed by atoms with Crippen molar-refractivity contribution >= 4 is 34.7 Å². The van der Waals surface area contributed by atoms with E-state index in [4.69, 9.17) is 0 Å². The van der Waals surface area contributed by atoms with Crippen LogP contribution in [-0.2, 0) is 9.59 Å². The molecule has 2 heterocycles. The second-order valence-corrected chi connectivity index (χ2v) is 9.23. The number of carbonyl (C=O) groups excluding carboxylic acids is 3. The predicted octanol–water partition coefficient (Wildman–Crippen LogP) is 4.10. The Hall–Kier alpha value is -3.52. The molecule has 7 nitrogen and oxygen atoms in total. The lowest BCUT2D eigenvalue weighted by Crippen LogP contribution is -2.49. The maximum absolute atomic E-state index is 13.6. The molecule has 3 amide bonds. The van der Waals surface area contributed by atoms with Crippen LogP contribution in [0.2, 0.25) is 0 Å². The molecule has 176 valence electrons. The minimum Gasteiger partial charge on any atom is -0.351 e. The molecule has 0 unspecified atom stereocenters. The number of aromatic nitrogens is 1. The van der Waals surface area contributed by atoms with E-state index in [0.717, 1.165) is 25.7 Å². The highest BCUT2D eigenvalue weighted by atomic mass is 32.1. The number of rotatable bonds is 8. The number of nitrogens with zero attached hydrogens (tertiary/aromatic N) is 2. The Labute approximate surface area is 203 Å². The van der Waals surface area contributed by atoms with Crippen LogP contribution < -0.4 is 15.5 Å². The summed E-state index contributed by atoms with van der Waals surface area (Å²) in [5.41, 5.74) is 1.24. The molecule has 1 aliphatic rings. The van der Waals surface area contributed by atoms with E-state index < -0.39 is 6.04 Å². The molecule has 3 aromatic rings. The molecule has 0 aliphatic heterocycles. The second-order valence-electron chi connectivity index (χ2n) is 8.29. The van der Waals surface area contributed by atoms with Gasteiger partial charge in [0.1, 0.15) is 6.04 Å². The highest BCUT2D eigenvalue weighted by Crippen LogP contribution is 2.28. The van der Waals surface area contributed by atoms with Crippen LogP contribution in [0.4, 0.5) is 5.69 Å². The van der Waals surface area contributed by atoms with Gasteiger partial charge in [0.05, 0.1) is 11.4 Å². The van der Waals surface area contributed by atoms with Gasteiger partial charge in [-0.05, 0) is 54.1 Å². The second kappa shape index (κ2) is 11.6. The van der Waals surface area contributed by atoms with Crippen molar-refractivity contribution in [1.29, 1.82) is 0 Å². The summed E-state index contributed by atoms with van der Waals surface area (Å²) >= 11 is 1.31. The van der Waals surface area contributed by atoms with E-state index in [-0.39, 0.29) is 30.3 Å². The Morgan fingerprint density at radius 1 is 0.971 bits per heavy atom. The van der Waals surface area contributed by atoms with E-state index in [2.05, 4.69) is 15.6 Å². The molecule has 4 rings (SSSR count). The number of thiophene rings is 1. The fraction of sp³-hybridized carbons (Fsp3) is 0.308. The summed E-state index contributed by atoms with van der Waals surface area (Å²) in [6, 6.07) is 15.3. The van der Waals surface area contributed by atoms with Crippen molar-refractivity contribution in [3.8, 4) is 0 Å². The summed E-state index contributed by atoms with van der Waals surface area (Å²) in [5, 5.41) is 7.68. The highest BCUT2D eigenvalue weighted by Gasteiger charge is 2.34. The summed E-state index contributed by atoms with van der Waals surface area (Å²) in [6.45, 7) is -0.232. The van der Waals surface area contributed by atoms with Gasteiger partial charge in [0.25, 0.3) is 5.91 Å². The SMILES string of the molecule is O=C(NCC(=O)N(c1ccccc1)[C@H](C(=O)NC1CCCCC1)c1ccncc1)c1cccs1. The minimum absolute atomic E-state index is 0.0943. The highest BCUT2D eigenvalue weighted by molar-refractivity contribution is 7.12. The first-order valence-electron chi connectivity index (χ1n) is 11.5. The summed E-state index contributed by atoms with van der Waals surface area (Å²) in [6.07, 6.45) is 8.45. The Morgan fingerprint density at radius 3 is 2.38 bits per heavy atom. The third-order valence-electron chi connectivity index (χ3n) is 5.93. The van der Waals surface area contributed by atoms with Crippen LogP contribution in [0.25, 0.3) is 0 Å². The molecular formula is C26H28N4O3S. The van der Waals surface area contributed by atoms with Gasteiger partial charge in [-0.25, -0.2) is 0 Å². The Bertz CT molecular complexity index is 1080. The molecule has 2 aromatic heterocycles. The number of benzene rings is 1. The maximum atomic E-state index is 13.6. The molecule has 0 saturated heterocycles. The van der Waals surface area contributed by atoms with Gasteiger partial charge < -0.3 is 10.6 Å². The molecule has 0 spiro atoms. The first-order valence-corrected chi connectivity index (χ1v) is 12.4. The predicted molar refractivity (Wildman–Crippen MR) is 133 cm³/mol. The van der Waals surface area contributed by atoms with E-state index in [0.29, 0.717) is 16.1 Å². The van der Waals surface area contributed by atoms with E-state index in [9.17, 15) is 14.4 Å². The first-order chi connectivity index (χ1) is 16.6. The fourth-order valence-corrected chi connectivity index (χ4v) is 4.89. The van der Waals surface area contributed by atoms with Crippen molar-refractivity contribution in [1.82, 2.24) is 15.6 Å². The molecule has 1 fully saturated rings. The number of para-hydroxylation sites is 1. The molecule has 1 atom stereocenters. The average molecular weight is 477 g/mol. The Morgan fingerprint density at radius 2 is 1.71 bits per heavy atom.